The lowest BCUT2D eigenvalue weighted by Crippen LogP contribution is -2.47. The van der Waals surface area contributed by atoms with Crippen LogP contribution >= 0.6 is 12.2 Å². The molecule has 9 nitrogen and oxygen atoms in total. The number of nitrogens with zero attached hydrogens (tertiary/aromatic N) is 9. The number of aryl methyl sites for hydroxylation is 1. The molecule has 10 heteroatoms. The molecule has 0 unspecified atom stereocenters. The molecule has 0 bridgehead atoms. The number of fused-ring (bicyclic) bond motifs is 1. The van der Waals surface area contributed by atoms with Crippen LogP contribution < -0.4 is 4.90 Å². The fourth-order valence-electron chi connectivity index (χ4n) is 3.23. The van der Waals surface area contributed by atoms with E-state index in [0.29, 0.717) is 13.2 Å². The van der Waals surface area contributed by atoms with Gasteiger partial charge in [-0.05, 0) is 12.2 Å². The molecular weight excluding hydrogens is 350 g/mol. The second-order valence-corrected chi connectivity index (χ2v) is 6.67. The van der Waals surface area contributed by atoms with Gasteiger partial charge in [0.15, 0.2) is 10.4 Å². The van der Waals surface area contributed by atoms with E-state index in [9.17, 15) is 0 Å². The highest BCUT2D eigenvalue weighted by Crippen LogP contribution is 2.23. The van der Waals surface area contributed by atoms with Crippen molar-refractivity contribution in [3.63, 3.8) is 0 Å². The van der Waals surface area contributed by atoms with Crippen LogP contribution in [0.25, 0.3) is 11.0 Å². The minimum Gasteiger partial charge on any atom is -0.353 e. The van der Waals surface area contributed by atoms with E-state index >= 15 is 0 Å². The van der Waals surface area contributed by atoms with E-state index in [0.717, 1.165) is 47.8 Å². The van der Waals surface area contributed by atoms with Gasteiger partial charge in [0.05, 0.1) is 18.3 Å². The van der Waals surface area contributed by atoms with Crippen LogP contribution in [0.1, 0.15) is 0 Å². The molecule has 0 radical (unpaired) electrons. The molecule has 4 rings (SSSR count). The summed E-state index contributed by atoms with van der Waals surface area (Å²) < 4.78 is 6.27. The maximum Gasteiger partial charge on any atom is 0.199 e. The van der Waals surface area contributed by atoms with Crippen molar-refractivity contribution in [2.45, 2.75) is 13.2 Å². The minimum atomic E-state index is 0.682. The molecule has 26 heavy (non-hydrogen) atoms. The Kier molecular flexibility index (Phi) is 4.51. The Morgan fingerprint density at radius 2 is 2.00 bits per heavy atom. The van der Waals surface area contributed by atoms with Crippen LogP contribution in [0.2, 0.25) is 0 Å². The lowest BCUT2D eigenvalue weighted by molar-refractivity contribution is 0.194. The average molecular weight is 371 g/mol. The fourth-order valence-corrected chi connectivity index (χ4v) is 3.45. The van der Waals surface area contributed by atoms with E-state index in [1.54, 1.807) is 17.3 Å². The zero-order valence-corrected chi connectivity index (χ0v) is 15.5. The quantitative estimate of drug-likeness (QED) is 0.490. The van der Waals surface area contributed by atoms with Crippen LogP contribution in [0.4, 0.5) is 5.82 Å². The second kappa shape index (κ2) is 6.96. The van der Waals surface area contributed by atoms with Crippen molar-refractivity contribution in [2.75, 3.05) is 31.1 Å². The van der Waals surface area contributed by atoms with Crippen LogP contribution in [0.3, 0.4) is 0 Å². The topological polar surface area (TPSA) is 72.8 Å². The van der Waals surface area contributed by atoms with Gasteiger partial charge in [-0.25, -0.2) is 14.6 Å². The first-order valence-corrected chi connectivity index (χ1v) is 8.91. The summed E-state index contributed by atoms with van der Waals surface area (Å²) in [7, 11) is 1.90. The smallest absolute Gasteiger partial charge is 0.199 e. The first kappa shape index (κ1) is 16.9. The van der Waals surface area contributed by atoms with Gasteiger partial charge < -0.3 is 9.47 Å². The predicted octanol–water partition coefficient (Wildman–Crippen LogP) is 1.06. The zero-order valence-electron chi connectivity index (χ0n) is 14.7. The molecule has 0 N–H and O–H groups in total. The third-order valence-corrected chi connectivity index (χ3v) is 5.08. The van der Waals surface area contributed by atoms with Crippen LogP contribution in [0.15, 0.2) is 31.5 Å². The summed E-state index contributed by atoms with van der Waals surface area (Å²) in [5, 5.41) is 9.68. The van der Waals surface area contributed by atoms with Gasteiger partial charge in [0.1, 0.15) is 18.5 Å². The van der Waals surface area contributed by atoms with Crippen molar-refractivity contribution in [3.05, 3.63) is 36.3 Å². The maximum atomic E-state index is 5.47. The molecule has 3 aromatic rings. The Morgan fingerprint density at radius 1 is 1.19 bits per heavy atom. The highest BCUT2D eigenvalue weighted by atomic mass is 32.1. The number of hydrogen-bond acceptors (Lipinski definition) is 7. The predicted molar refractivity (Wildman–Crippen MR) is 101 cm³/mol. The van der Waals surface area contributed by atoms with Crippen molar-refractivity contribution in [1.82, 2.24) is 39.0 Å². The molecular formula is C16H21N9S. The number of piperazine rings is 1. The number of rotatable bonds is 5. The molecule has 0 saturated carbocycles. The van der Waals surface area contributed by atoms with Crippen molar-refractivity contribution in [2.24, 2.45) is 7.05 Å². The van der Waals surface area contributed by atoms with Gasteiger partial charge in [0.2, 0.25) is 0 Å². The van der Waals surface area contributed by atoms with E-state index in [2.05, 4.69) is 36.5 Å². The van der Waals surface area contributed by atoms with Crippen LogP contribution in [0.5, 0.6) is 0 Å². The summed E-state index contributed by atoms with van der Waals surface area (Å²) in [5.74, 6) is 0.953. The summed E-state index contributed by atoms with van der Waals surface area (Å²) in [6.07, 6.45) is 7.03. The molecule has 0 spiro atoms. The molecule has 3 aromatic heterocycles. The van der Waals surface area contributed by atoms with Gasteiger partial charge in [-0.1, -0.05) is 6.08 Å². The SMILES string of the molecule is C=CCn1cnn(CN2CCN(c3ncnc4c3cnn4C)CC2)c1=S. The lowest BCUT2D eigenvalue weighted by Gasteiger charge is -2.35. The normalized spacial score (nSPS) is 15.7. The number of allylic oxidation sites excluding steroid dienone is 1. The van der Waals surface area contributed by atoms with E-state index in [-0.39, 0.29) is 0 Å². The Morgan fingerprint density at radius 3 is 2.77 bits per heavy atom. The summed E-state index contributed by atoms with van der Waals surface area (Å²) in [6.45, 7) is 8.74. The summed E-state index contributed by atoms with van der Waals surface area (Å²) in [5.41, 5.74) is 0.858. The Labute approximate surface area is 156 Å². The molecule has 4 heterocycles. The first-order valence-electron chi connectivity index (χ1n) is 8.50. The van der Waals surface area contributed by atoms with Crippen molar-refractivity contribution < 1.29 is 0 Å². The molecule has 0 aliphatic carbocycles. The maximum absolute atomic E-state index is 5.47. The highest BCUT2D eigenvalue weighted by molar-refractivity contribution is 7.71. The standard InChI is InChI=1S/C16H21N9S/c1-3-4-24-11-20-25(16(24)26)12-22-5-7-23(8-6-22)15-13-9-19-21(2)14(13)17-10-18-15/h3,9-11H,1,4-8,12H2,2H3. The molecule has 0 amide bonds. The van der Waals surface area contributed by atoms with E-state index in [1.807, 2.05) is 28.6 Å². The largest absolute Gasteiger partial charge is 0.353 e. The molecule has 1 fully saturated rings. The second-order valence-electron chi connectivity index (χ2n) is 6.30. The average Bonchev–Trinajstić information content (AvgIpc) is 3.20. The van der Waals surface area contributed by atoms with E-state index < -0.39 is 0 Å². The van der Waals surface area contributed by atoms with Gasteiger partial charge in [-0.15, -0.1) is 6.58 Å². The monoisotopic (exact) mass is 371 g/mol. The summed E-state index contributed by atoms with van der Waals surface area (Å²) in [6, 6.07) is 0. The summed E-state index contributed by atoms with van der Waals surface area (Å²) >= 11 is 5.47. The van der Waals surface area contributed by atoms with E-state index in [1.165, 1.54) is 0 Å². The van der Waals surface area contributed by atoms with Crippen LogP contribution in [0, 0.1) is 4.77 Å². The highest BCUT2D eigenvalue weighted by Gasteiger charge is 2.21. The van der Waals surface area contributed by atoms with Crippen LogP contribution in [-0.4, -0.2) is 65.2 Å². The van der Waals surface area contributed by atoms with Gasteiger partial charge in [-0.2, -0.15) is 10.2 Å². The molecule has 0 atom stereocenters. The molecule has 0 aromatic carbocycles. The molecule has 1 aliphatic heterocycles. The van der Waals surface area contributed by atoms with Crippen LogP contribution in [-0.2, 0) is 20.3 Å². The third-order valence-electron chi connectivity index (χ3n) is 4.64. The van der Waals surface area contributed by atoms with E-state index in [4.69, 9.17) is 12.2 Å². The fraction of sp³-hybridized carbons (Fsp3) is 0.438. The Balaban J connectivity index is 1.44. The van der Waals surface area contributed by atoms with Gasteiger partial charge >= 0.3 is 0 Å². The Bertz CT molecular complexity index is 977. The number of anilines is 1. The molecule has 1 saturated heterocycles. The lowest BCUT2D eigenvalue weighted by atomic mass is 10.3. The number of hydrogen-bond donors (Lipinski definition) is 0. The molecule has 1 aliphatic rings. The van der Waals surface area contributed by atoms with Gasteiger partial charge in [0.25, 0.3) is 0 Å². The minimum absolute atomic E-state index is 0.682. The van der Waals surface area contributed by atoms with Gasteiger partial charge in [-0.3, -0.25) is 9.58 Å². The van der Waals surface area contributed by atoms with Crippen molar-refractivity contribution >= 4 is 29.1 Å². The summed E-state index contributed by atoms with van der Waals surface area (Å²) in [4.78, 5) is 13.4. The first-order chi connectivity index (χ1) is 12.7. The van der Waals surface area contributed by atoms with Crippen molar-refractivity contribution in [1.29, 1.82) is 0 Å². The van der Waals surface area contributed by atoms with Crippen molar-refractivity contribution in [3.8, 4) is 0 Å². The molecule has 136 valence electrons. The third kappa shape index (κ3) is 3.01. The zero-order chi connectivity index (χ0) is 18.1. The van der Waals surface area contributed by atoms with Gasteiger partial charge in [0, 0.05) is 39.8 Å². The number of aromatic nitrogens is 7. The Hall–Kier alpha value is -2.59.